The van der Waals surface area contributed by atoms with Gasteiger partial charge in [0.1, 0.15) is 5.82 Å². The maximum Gasteiger partial charge on any atom is 0.352 e. The van der Waals surface area contributed by atoms with E-state index in [9.17, 15) is 4.79 Å². The topological polar surface area (TPSA) is 107 Å². The Morgan fingerprint density at radius 2 is 1.81 bits per heavy atom. The van der Waals surface area contributed by atoms with E-state index in [2.05, 4.69) is 49.8 Å². The van der Waals surface area contributed by atoms with Crippen LogP contribution in [0.25, 0.3) is 28.2 Å². The van der Waals surface area contributed by atoms with Crippen molar-refractivity contribution in [3.63, 3.8) is 0 Å². The summed E-state index contributed by atoms with van der Waals surface area (Å²) in [5, 5.41) is 18.4. The minimum absolute atomic E-state index is 0.168. The highest BCUT2D eigenvalue weighted by atomic mass is 16.2. The van der Waals surface area contributed by atoms with E-state index >= 15 is 0 Å². The monoisotopic (exact) mass is 426 g/mol. The second kappa shape index (κ2) is 8.54. The van der Waals surface area contributed by atoms with Gasteiger partial charge in [0, 0.05) is 18.1 Å². The minimum atomic E-state index is -0.168. The molecule has 0 spiro atoms. The lowest BCUT2D eigenvalue weighted by molar-refractivity contribution is 0.599. The molecule has 0 bridgehead atoms. The highest BCUT2D eigenvalue weighted by molar-refractivity contribution is 5.80. The summed E-state index contributed by atoms with van der Waals surface area (Å²) in [6.45, 7) is 2.57. The molecule has 0 aliphatic rings. The molecule has 0 radical (unpaired) electrons. The first-order chi connectivity index (χ1) is 15.7. The quantitative estimate of drug-likeness (QED) is 0.428. The van der Waals surface area contributed by atoms with Crippen LogP contribution in [0.1, 0.15) is 31.2 Å². The molecule has 0 atom stereocenters. The molecule has 160 valence electrons. The highest BCUT2D eigenvalue weighted by Crippen LogP contribution is 2.29. The third-order valence-electron chi connectivity index (χ3n) is 5.48. The SMILES string of the molecule is CCCCc1nc2ccnn2c(=O)n1Cc1ccc(-c2ccccc2-c2nnn[nH]2)cc1. The highest BCUT2D eigenvalue weighted by Gasteiger charge is 2.13. The van der Waals surface area contributed by atoms with Crippen LogP contribution in [-0.4, -0.2) is 39.8 Å². The molecule has 0 aliphatic carbocycles. The zero-order valence-electron chi connectivity index (χ0n) is 17.6. The lowest BCUT2D eigenvalue weighted by Crippen LogP contribution is -2.31. The van der Waals surface area contributed by atoms with Crippen LogP contribution in [0.2, 0.25) is 0 Å². The third kappa shape index (κ3) is 3.68. The number of aromatic amines is 1. The van der Waals surface area contributed by atoms with Gasteiger partial charge in [0.05, 0.1) is 12.7 Å². The first-order valence-corrected chi connectivity index (χ1v) is 10.6. The van der Waals surface area contributed by atoms with E-state index in [4.69, 9.17) is 0 Å². The lowest BCUT2D eigenvalue weighted by atomic mass is 9.98. The van der Waals surface area contributed by atoms with Gasteiger partial charge >= 0.3 is 5.69 Å². The molecule has 3 heterocycles. The Morgan fingerprint density at radius 1 is 1.00 bits per heavy atom. The molecule has 0 unspecified atom stereocenters. The fourth-order valence-corrected chi connectivity index (χ4v) is 3.82. The summed E-state index contributed by atoms with van der Waals surface area (Å²) in [6, 6.07) is 17.9. The van der Waals surface area contributed by atoms with E-state index in [1.54, 1.807) is 16.8 Å². The van der Waals surface area contributed by atoms with Gasteiger partial charge in [-0.15, -0.1) is 5.10 Å². The van der Waals surface area contributed by atoms with Crippen LogP contribution in [0.4, 0.5) is 0 Å². The Hall–Kier alpha value is -4.14. The number of fused-ring (bicyclic) bond motifs is 1. The molecule has 0 fully saturated rings. The molecular weight excluding hydrogens is 404 g/mol. The Morgan fingerprint density at radius 3 is 2.56 bits per heavy atom. The van der Waals surface area contributed by atoms with Crippen LogP contribution >= 0.6 is 0 Å². The van der Waals surface area contributed by atoms with Gasteiger partial charge in [-0.2, -0.15) is 9.61 Å². The van der Waals surface area contributed by atoms with E-state index in [0.29, 0.717) is 18.0 Å². The Kier molecular flexibility index (Phi) is 5.29. The summed E-state index contributed by atoms with van der Waals surface area (Å²) in [4.78, 5) is 17.7. The van der Waals surface area contributed by atoms with Crippen molar-refractivity contribution in [2.45, 2.75) is 32.7 Å². The van der Waals surface area contributed by atoms with E-state index in [-0.39, 0.29) is 5.69 Å². The minimum Gasteiger partial charge on any atom is -0.275 e. The van der Waals surface area contributed by atoms with E-state index in [1.165, 1.54) is 4.52 Å². The standard InChI is InChI=1S/C23H22N8O/c1-2-3-8-20-25-21-13-14-24-31(21)23(32)30(20)15-16-9-11-17(12-10-16)18-6-4-5-7-19(18)22-26-28-29-27-22/h4-7,9-14H,2-3,8,15H2,1H3,(H,26,27,28,29). The lowest BCUT2D eigenvalue weighted by Gasteiger charge is -2.13. The fourth-order valence-electron chi connectivity index (χ4n) is 3.82. The van der Waals surface area contributed by atoms with Gasteiger partial charge in [0.15, 0.2) is 11.5 Å². The number of hydrogen-bond donors (Lipinski definition) is 1. The molecule has 0 saturated heterocycles. The smallest absolute Gasteiger partial charge is 0.275 e. The van der Waals surface area contributed by atoms with Crippen LogP contribution in [0.5, 0.6) is 0 Å². The van der Waals surface area contributed by atoms with Crippen molar-refractivity contribution in [3.8, 4) is 22.5 Å². The molecular formula is C23H22N8O. The zero-order chi connectivity index (χ0) is 21.9. The Bertz CT molecular complexity index is 1400. The predicted molar refractivity (Wildman–Crippen MR) is 120 cm³/mol. The molecule has 1 N–H and O–H groups in total. The number of rotatable bonds is 7. The maximum atomic E-state index is 13.0. The number of H-pyrrole nitrogens is 1. The molecule has 9 nitrogen and oxygen atoms in total. The molecule has 0 saturated carbocycles. The van der Waals surface area contributed by atoms with Gasteiger partial charge in [0.2, 0.25) is 0 Å². The van der Waals surface area contributed by atoms with Crippen LogP contribution in [0, 0.1) is 0 Å². The van der Waals surface area contributed by atoms with Gasteiger partial charge in [-0.3, -0.25) is 4.57 Å². The molecule has 0 amide bonds. The van der Waals surface area contributed by atoms with Crippen molar-refractivity contribution >= 4 is 5.65 Å². The van der Waals surface area contributed by atoms with Gasteiger partial charge in [-0.25, -0.2) is 14.9 Å². The van der Waals surface area contributed by atoms with E-state index < -0.39 is 0 Å². The molecule has 3 aromatic heterocycles. The molecule has 5 rings (SSSR count). The Balaban J connectivity index is 1.48. The largest absolute Gasteiger partial charge is 0.352 e. The maximum absolute atomic E-state index is 13.0. The number of tetrazole rings is 1. The third-order valence-corrected chi connectivity index (χ3v) is 5.48. The summed E-state index contributed by atoms with van der Waals surface area (Å²) in [5.41, 5.74) is 4.43. The number of benzene rings is 2. The molecule has 32 heavy (non-hydrogen) atoms. The molecule has 5 aromatic rings. The summed E-state index contributed by atoms with van der Waals surface area (Å²) in [7, 11) is 0. The molecule has 0 aliphatic heterocycles. The number of nitrogens with zero attached hydrogens (tertiary/aromatic N) is 7. The number of unbranched alkanes of at least 4 members (excludes halogenated alkanes) is 1. The first kappa shape index (κ1) is 19.8. The summed E-state index contributed by atoms with van der Waals surface area (Å²) in [5.74, 6) is 1.41. The van der Waals surface area contributed by atoms with Gasteiger partial charge in [0.25, 0.3) is 0 Å². The van der Waals surface area contributed by atoms with Crippen LogP contribution in [0.3, 0.4) is 0 Å². The van der Waals surface area contributed by atoms with Gasteiger partial charge < -0.3 is 0 Å². The normalized spacial score (nSPS) is 11.3. The van der Waals surface area contributed by atoms with Crippen LogP contribution < -0.4 is 5.69 Å². The summed E-state index contributed by atoms with van der Waals surface area (Å²) in [6.07, 6.45) is 4.37. The average molecular weight is 426 g/mol. The van der Waals surface area contributed by atoms with E-state index in [1.807, 2.05) is 36.4 Å². The predicted octanol–water partition coefficient (Wildman–Crippen LogP) is 3.13. The van der Waals surface area contributed by atoms with Gasteiger partial charge in [-0.1, -0.05) is 61.9 Å². The summed E-state index contributed by atoms with van der Waals surface area (Å²) < 4.78 is 3.07. The van der Waals surface area contributed by atoms with Crippen molar-refractivity contribution in [1.82, 2.24) is 39.8 Å². The van der Waals surface area contributed by atoms with Crippen molar-refractivity contribution < 1.29 is 0 Å². The average Bonchev–Trinajstić information content (AvgIpc) is 3.53. The second-order valence-electron chi connectivity index (χ2n) is 7.59. The van der Waals surface area contributed by atoms with Crippen molar-refractivity contribution in [2.75, 3.05) is 0 Å². The molecule has 2 aromatic carbocycles. The summed E-state index contributed by atoms with van der Waals surface area (Å²) >= 11 is 0. The number of hydrogen-bond acceptors (Lipinski definition) is 6. The van der Waals surface area contributed by atoms with Gasteiger partial charge in [-0.05, 0) is 33.5 Å². The van der Waals surface area contributed by atoms with Crippen molar-refractivity contribution in [2.24, 2.45) is 0 Å². The Labute approximate surface area is 183 Å². The van der Waals surface area contributed by atoms with Crippen molar-refractivity contribution in [1.29, 1.82) is 0 Å². The number of aryl methyl sites for hydroxylation is 1. The zero-order valence-corrected chi connectivity index (χ0v) is 17.6. The fraction of sp³-hybridized carbons (Fsp3) is 0.217. The van der Waals surface area contributed by atoms with Crippen LogP contribution in [0.15, 0.2) is 65.6 Å². The first-order valence-electron chi connectivity index (χ1n) is 10.6. The number of aromatic nitrogens is 8. The second-order valence-corrected chi connectivity index (χ2v) is 7.59. The van der Waals surface area contributed by atoms with Crippen molar-refractivity contribution in [3.05, 3.63) is 82.7 Å². The number of nitrogens with one attached hydrogen (secondary N) is 1. The molecule has 9 heteroatoms. The van der Waals surface area contributed by atoms with E-state index in [0.717, 1.165) is 47.3 Å². The van der Waals surface area contributed by atoms with Crippen LogP contribution in [-0.2, 0) is 13.0 Å².